The van der Waals surface area contributed by atoms with Crippen LogP contribution in [0.25, 0.3) is 10.1 Å². The van der Waals surface area contributed by atoms with Gasteiger partial charge in [-0.05, 0) is 22.9 Å². The molecule has 2 heterocycles. The number of benzene rings is 1. The molecule has 1 unspecified atom stereocenters. The van der Waals surface area contributed by atoms with Crippen molar-refractivity contribution in [1.82, 2.24) is 4.98 Å². The standard InChI is InChI=1S/C14H10FNOS/c15-12-8-16-6-4-10(12)13(17)11-3-1-2-9-5-7-18-14(9)11/h1-8,13,17H. The molecule has 0 spiro atoms. The topological polar surface area (TPSA) is 33.1 Å². The molecule has 0 bridgehead atoms. The van der Waals surface area contributed by atoms with Crippen molar-refractivity contribution < 1.29 is 9.50 Å². The van der Waals surface area contributed by atoms with Crippen molar-refractivity contribution >= 4 is 21.4 Å². The molecular formula is C14H10FNOS. The minimum Gasteiger partial charge on any atom is -0.383 e. The van der Waals surface area contributed by atoms with Gasteiger partial charge in [0.25, 0.3) is 0 Å². The van der Waals surface area contributed by atoms with Crippen molar-refractivity contribution in [2.75, 3.05) is 0 Å². The van der Waals surface area contributed by atoms with Crippen molar-refractivity contribution in [2.24, 2.45) is 0 Å². The van der Waals surface area contributed by atoms with Crippen LogP contribution in [0.3, 0.4) is 0 Å². The molecule has 1 N–H and O–H groups in total. The molecule has 0 fully saturated rings. The van der Waals surface area contributed by atoms with Crippen LogP contribution >= 0.6 is 11.3 Å². The van der Waals surface area contributed by atoms with Crippen LogP contribution in [0.15, 0.2) is 48.1 Å². The van der Waals surface area contributed by atoms with E-state index in [2.05, 4.69) is 4.98 Å². The Bertz CT molecular complexity index is 695. The maximum absolute atomic E-state index is 13.6. The predicted octanol–water partition coefficient (Wildman–Crippen LogP) is 3.52. The molecule has 3 aromatic rings. The second-order valence-electron chi connectivity index (χ2n) is 3.99. The molecule has 18 heavy (non-hydrogen) atoms. The number of halogens is 1. The molecule has 2 nitrogen and oxygen atoms in total. The predicted molar refractivity (Wildman–Crippen MR) is 70.1 cm³/mol. The second kappa shape index (κ2) is 4.48. The van der Waals surface area contributed by atoms with Crippen LogP contribution in [0, 0.1) is 5.82 Å². The summed E-state index contributed by atoms with van der Waals surface area (Å²) in [5.74, 6) is -0.487. The van der Waals surface area contributed by atoms with Crippen LogP contribution in [-0.4, -0.2) is 10.1 Å². The molecular weight excluding hydrogens is 249 g/mol. The number of pyridine rings is 1. The second-order valence-corrected chi connectivity index (χ2v) is 4.90. The van der Waals surface area contributed by atoms with Gasteiger partial charge in [-0.1, -0.05) is 18.2 Å². The van der Waals surface area contributed by atoms with Gasteiger partial charge in [-0.3, -0.25) is 4.98 Å². The van der Waals surface area contributed by atoms with Crippen LogP contribution in [0.1, 0.15) is 17.2 Å². The number of hydrogen-bond acceptors (Lipinski definition) is 3. The summed E-state index contributed by atoms with van der Waals surface area (Å²) in [6, 6.07) is 9.16. The molecule has 90 valence electrons. The zero-order chi connectivity index (χ0) is 12.5. The van der Waals surface area contributed by atoms with Crippen LogP contribution in [0.4, 0.5) is 4.39 Å². The number of aromatic nitrogens is 1. The Balaban J connectivity index is 2.15. The van der Waals surface area contributed by atoms with Gasteiger partial charge in [0.2, 0.25) is 0 Å². The van der Waals surface area contributed by atoms with E-state index in [9.17, 15) is 9.50 Å². The molecule has 3 rings (SSSR count). The van der Waals surface area contributed by atoms with Gasteiger partial charge in [-0.15, -0.1) is 11.3 Å². The molecule has 0 aliphatic rings. The zero-order valence-corrected chi connectivity index (χ0v) is 10.2. The number of thiophene rings is 1. The van der Waals surface area contributed by atoms with E-state index in [1.165, 1.54) is 12.3 Å². The fourth-order valence-corrected chi connectivity index (χ4v) is 2.95. The van der Waals surface area contributed by atoms with E-state index in [1.807, 2.05) is 29.6 Å². The SMILES string of the molecule is OC(c1ccncc1F)c1cccc2ccsc12. The summed E-state index contributed by atoms with van der Waals surface area (Å²) in [5, 5.41) is 13.4. The minimum absolute atomic E-state index is 0.255. The Labute approximate surface area is 107 Å². The molecule has 1 aromatic carbocycles. The Kier molecular flexibility index (Phi) is 2.81. The molecule has 4 heteroatoms. The molecule has 0 amide bonds. The number of aliphatic hydroxyl groups is 1. The van der Waals surface area contributed by atoms with Crippen molar-refractivity contribution in [2.45, 2.75) is 6.10 Å². The van der Waals surface area contributed by atoms with E-state index in [4.69, 9.17) is 0 Å². The Hall–Kier alpha value is -1.78. The van der Waals surface area contributed by atoms with Crippen molar-refractivity contribution in [3.63, 3.8) is 0 Å². The average molecular weight is 259 g/mol. The number of fused-ring (bicyclic) bond motifs is 1. The van der Waals surface area contributed by atoms with Gasteiger partial charge in [0.05, 0.1) is 6.20 Å². The van der Waals surface area contributed by atoms with Crippen molar-refractivity contribution in [1.29, 1.82) is 0 Å². The molecule has 0 aliphatic heterocycles. The maximum atomic E-state index is 13.6. The van der Waals surface area contributed by atoms with E-state index in [1.54, 1.807) is 11.3 Å². The lowest BCUT2D eigenvalue weighted by atomic mass is 10.0. The summed E-state index contributed by atoms with van der Waals surface area (Å²) in [5.41, 5.74) is 0.985. The smallest absolute Gasteiger partial charge is 0.147 e. The van der Waals surface area contributed by atoms with Crippen LogP contribution in [0.2, 0.25) is 0 Å². The summed E-state index contributed by atoms with van der Waals surface area (Å²) < 4.78 is 14.6. The summed E-state index contributed by atoms with van der Waals surface area (Å²) in [6.07, 6.45) is 1.64. The van der Waals surface area contributed by atoms with Crippen molar-refractivity contribution in [3.8, 4) is 0 Å². The Morgan fingerprint density at radius 2 is 2.06 bits per heavy atom. The summed E-state index contributed by atoms with van der Waals surface area (Å²) >= 11 is 1.54. The first-order valence-electron chi connectivity index (χ1n) is 5.51. The highest BCUT2D eigenvalue weighted by molar-refractivity contribution is 7.17. The quantitative estimate of drug-likeness (QED) is 0.764. The third-order valence-corrected chi connectivity index (χ3v) is 3.88. The lowest BCUT2D eigenvalue weighted by Crippen LogP contribution is -2.03. The highest BCUT2D eigenvalue weighted by Gasteiger charge is 2.17. The van der Waals surface area contributed by atoms with E-state index in [-0.39, 0.29) is 5.56 Å². The summed E-state index contributed by atoms with van der Waals surface area (Å²) in [4.78, 5) is 3.69. The number of nitrogens with zero attached hydrogens (tertiary/aromatic N) is 1. The van der Waals surface area contributed by atoms with E-state index < -0.39 is 11.9 Å². The maximum Gasteiger partial charge on any atom is 0.147 e. The van der Waals surface area contributed by atoms with Gasteiger partial charge >= 0.3 is 0 Å². The largest absolute Gasteiger partial charge is 0.383 e. The average Bonchev–Trinajstić information content (AvgIpc) is 2.86. The van der Waals surface area contributed by atoms with Gasteiger partial charge in [-0.2, -0.15) is 0 Å². The first-order valence-corrected chi connectivity index (χ1v) is 6.39. The van der Waals surface area contributed by atoms with E-state index in [0.717, 1.165) is 21.8 Å². The number of aliphatic hydroxyl groups excluding tert-OH is 1. The van der Waals surface area contributed by atoms with Gasteiger partial charge in [-0.25, -0.2) is 4.39 Å². The van der Waals surface area contributed by atoms with Gasteiger partial charge in [0.1, 0.15) is 11.9 Å². The number of hydrogen-bond donors (Lipinski definition) is 1. The molecule has 0 aliphatic carbocycles. The third kappa shape index (κ3) is 1.79. The lowest BCUT2D eigenvalue weighted by molar-refractivity contribution is 0.216. The van der Waals surface area contributed by atoms with Crippen molar-refractivity contribution in [3.05, 3.63) is 65.0 Å². The lowest BCUT2D eigenvalue weighted by Gasteiger charge is -2.12. The molecule has 1 atom stereocenters. The molecule has 0 saturated heterocycles. The van der Waals surface area contributed by atoms with Gasteiger partial charge in [0, 0.05) is 22.0 Å². The van der Waals surface area contributed by atoms with E-state index in [0.29, 0.717) is 0 Å². The zero-order valence-electron chi connectivity index (χ0n) is 9.38. The van der Waals surface area contributed by atoms with Crippen LogP contribution < -0.4 is 0 Å². The summed E-state index contributed by atoms with van der Waals surface area (Å²) in [7, 11) is 0. The normalized spacial score (nSPS) is 12.8. The van der Waals surface area contributed by atoms with Crippen LogP contribution in [0.5, 0.6) is 0 Å². The highest BCUT2D eigenvalue weighted by Crippen LogP contribution is 2.32. The van der Waals surface area contributed by atoms with Gasteiger partial charge < -0.3 is 5.11 Å². The molecule has 0 saturated carbocycles. The fraction of sp³-hybridized carbons (Fsp3) is 0.0714. The Morgan fingerprint density at radius 1 is 1.17 bits per heavy atom. The first kappa shape index (κ1) is 11.3. The molecule has 2 aromatic heterocycles. The minimum atomic E-state index is -0.963. The van der Waals surface area contributed by atoms with Gasteiger partial charge in [0.15, 0.2) is 0 Å². The first-order chi connectivity index (χ1) is 8.77. The fourth-order valence-electron chi connectivity index (χ4n) is 2.01. The highest BCUT2D eigenvalue weighted by atomic mass is 32.1. The summed E-state index contributed by atoms with van der Waals surface area (Å²) in [6.45, 7) is 0. The third-order valence-electron chi connectivity index (χ3n) is 2.90. The van der Waals surface area contributed by atoms with E-state index >= 15 is 0 Å². The molecule has 0 radical (unpaired) electrons. The Morgan fingerprint density at radius 3 is 2.89 bits per heavy atom. The number of rotatable bonds is 2. The monoisotopic (exact) mass is 259 g/mol. The van der Waals surface area contributed by atoms with Crippen LogP contribution in [-0.2, 0) is 0 Å².